The summed E-state index contributed by atoms with van der Waals surface area (Å²) < 4.78 is 36.8. The van der Waals surface area contributed by atoms with Crippen molar-refractivity contribution < 1.29 is 18.0 Å². The van der Waals surface area contributed by atoms with Gasteiger partial charge in [0.25, 0.3) is 11.5 Å². The van der Waals surface area contributed by atoms with Crippen molar-refractivity contribution in [2.24, 2.45) is 0 Å². The third kappa shape index (κ3) is 3.63. The second-order valence-electron chi connectivity index (χ2n) is 3.31. The zero-order valence-electron chi connectivity index (χ0n) is 8.90. The highest BCUT2D eigenvalue weighted by Crippen LogP contribution is 2.26. The minimum atomic E-state index is -4.67. The number of hydrogen-bond acceptors (Lipinski definition) is 2. The fraction of sp³-hybridized carbons (Fsp3) is 0.200. The number of alkyl halides is 3. The predicted molar refractivity (Wildman–Crippen MR) is 59.4 cm³/mol. The van der Waals surface area contributed by atoms with Crippen LogP contribution in [0.15, 0.2) is 28.5 Å². The molecule has 1 rings (SSSR count). The fourth-order valence-electron chi connectivity index (χ4n) is 1.09. The molecule has 0 spiro atoms. The van der Waals surface area contributed by atoms with Gasteiger partial charge in [0.2, 0.25) is 0 Å². The number of amides is 1. The molecule has 0 bridgehead atoms. The molecule has 0 aliphatic heterocycles. The molecule has 0 saturated heterocycles. The number of hydrogen-bond donors (Lipinski definition) is 2. The summed E-state index contributed by atoms with van der Waals surface area (Å²) in [6.45, 7) is 3.22. The molecule has 18 heavy (non-hydrogen) atoms. The maximum absolute atomic E-state index is 12.3. The molecule has 2 N–H and O–H groups in total. The third-order valence-corrected chi connectivity index (χ3v) is 2.03. The lowest BCUT2D eigenvalue weighted by atomic mass is 10.2. The van der Waals surface area contributed by atoms with Crippen molar-refractivity contribution in [3.05, 3.63) is 45.4 Å². The SMILES string of the molecule is C=C(Cl)CNC(=O)c1ccc(C(F)(F)F)[nH]c1=O. The maximum atomic E-state index is 12.3. The van der Waals surface area contributed by atoms with Crippen LogP contribution in [0.1, 0.15) is 16.1 Å². The van der Waals surface area contributed by atoms with E-state index in [4.69, 9.17) is 11.6 Å². The summed E-state index contributed by atoms with van der Waals surface area (Å²) >= 11 is 5.39. The normalized spacial score (nSPS) is 11.1. The number of carbonyl (C=O) groups is 1. The summed E-state index contributed by atoms with van der Waals surface area (Å²) in [5.74, 6) is -0.827. The van der Waals surface area contributed by atoms with Gasteiger partial charge in [-0.1, -0.05) is 18.2 Å². The molecule has 8 heteroatoms. The highest BCUT2D eigenvalue weighted by molar-refractivity contribution is 6.29. The van der Waals surface area contributed by atoms with Crippen molar-refractivity contribution in [3.63, 3.8) is 0 Å². The van der Waals surface area contributed by atoms with Crippen LogP contribution < -0.4 is 10.9 Å². The Labute approximate surface area is 104 Å². The van der Waals surface area contributed by atoms with Crippen LogP contribution in [0.5, 0.6) is 0 Å². The van der Waals surface area contributed by atoms with Gasteiger partial charge < -0.3 is 10.3 Å². The van der Waals surface area contributed by atoms with Gasteiger partial charge in [-0.05, 0) is 12.1 Å². The molecule has 0 aliphatic carbocycles. The first kappa shape index (κ1) is 14.3. The van der Waals surface area contributed by atoms with Gasteiger partial charge in [0, 0.05) is 5.03 Å². The number of aromatic amines is 1. The summed E-state index contributed by atoms with van der Waals surface area (Å²) in [7, 11) is 0. The fourth-order valence-corrected chi connectivity index (χ4v) is 1.16. The molecule has 1 heterocycles. The van der Waals surface area contributed by atoms with Crippen molar-refractivity contribution >= 4 is 17.5 Å². The quantitative estimate of drug-likeness (QED) is 0.888. The van der Waals surface area contributed by atoms with E-state index in [0.717, 1.165) is 6.07 Å². The van der Waals surface area contributed by atoms with Gasteiger partial charge in [-0.3, -0.25) is 9.59 Å². The Morgan fingerprint density at radius 1 is 1.44 bits per heavy atom. The van der Waals surface area contributed by atoms with Gasteiger partial charge >= 0.3 is 6.18 Å². The minimum absolute atomic E-state index is 0.0825. The zero-order chi connectivity index (χ0) is 13.9. The van der Waals surface area contributed by atoms with E-state index in [9.17, 15) is 22.8 Å². The molecule has 0 aromatic carbocycles. The van der Waals surface area contributed by atoms with E-state index in [1.165, 1.54) is 0 Å². The Morgan fingerprint density at radius 2 is 2.06 bits per heavy atom. The number of pyridine rings is 1. The first-order chi connectivity index (χ1) is 8.21. The smallest absolute Gasteiger partial charge is 0.347 e. The van der Waals surface area contributed by atoms with Crippen LogP contribution in [-0.2, 0) is 6.18 Å². The summed E-state index contributed by atoms with van der Waals surface area (Å²) in [5, 5.41) is 2.36. The van der Waals surface area contributed by atoms with Crippen LogP contribution in [0.25, 0.3) is 0 Å². The van der Waals surface area contributed by atoms with Crippen LogP contribution in [0.4, 0.5) is 13.2 Å². The largest absolute Gasteiger partial charge is 0.431 e. The lowest BCUT2D eigenvalue weighted by Gasteiger charge is -2.07. The Balaban J connectivity index is 2.96. The minimum Gasteiger partial charge on any atom is -0.347 e. The number of aromatic nitrogens is 1. The number of rotatable bonds is 3. The summed E-state index contributed by atoms with van der Waals surface area (Å²) in [5.41, 5.74) is -2.77. The molecule has 0 radical (unpaired) electrons. The standard InChI is InChI=1S/C10H8ClF3N2O2/c1-5(11)4-15-8(17)6-2-3-7(10(12,13)14)16-9(6)18/h2-3H,1,4H2,(H,15,17)(H,16,18). The predicted octanol–water partition coefficient (Wildman–Crippen LogP) is 1.88. The summed E-state index contributed by atoms with van der Waals surface area (Å²) in [4.78, 5) is 24.3. The molecular weight excluding hydrogens is 273 g/mol. The van der Waals surface area contributed by atoms with Crippen molar-refractivity contribution in [1.29, 1.82) is 0 Å². The second kappa shape index (κ2) is 5.26. The van der Waals surface area contributed by atoms with Gasteiger partial charge in [-0.15, -0.1) is 0 Å². The van der Waals surface area contributed by atoms with Crippen molar-refractivity contribution in [2.75, 3.05) is 6.54 Å². The highest BCUT2D eigenvalue weighted by Gasteiger charge is 2.32. The Kier molecular flexibility index (Phi) is 4.18. The van der Waals surface area contributed by atoms with Crippen LogP contribution in [0.2, 0.25) is 0 Å². The molecule has 98 valence electrons. The van der Waals surface area contributed by atoms with Crippen LogP contribution >= 0.6 is 11.6 Å². The van der Waals surface area contributed by atoms with E-state index >= 15 is 0 Å². The van der Waals surface area contributed by atoms with Gasteiger partial charge in [0.05, 0.1) is 6.54 Å². The average Bonchev–Trinajstić information content (AvgIpc) is 2.24. The van der Waals surface area contributed by atoms with Gasteiger partial charge in [0.1, 0.15) is 11.3 Å². The van der Waals surface area contributed by atoms with E-state index in [0.29, 0.717) is 6.07 Å². The van der Waals surface area contributed by atoms with Crippen LogP contribution in [0.3, 0.4) is 0 Å². The highest BCUT2D eigenvalue weighted by atomic mass is 35.5. The molecule has 1 aromatic heterocycles. The maximum Gasteiger partial charge on any atom is 0.431 e. The van der Waals surface area contributed by atoms with Gasteiger partial charge in [0.15, 0.2) is 0 Å². The third-order valence-electron chi connectivity index (χ3n) is 1.90. The molecule has 1 aromatic rings. The summed E-state index contributed by atoms with van der Waals surface area (Å²) in [6.07, 6.45) is -4.67. The number of H-pyrrole nitrogens is 1. The second-order valence-corrected chi connectivity index (χ2v) is 3.85. The average molecular weight is 281 g/mol. The number of nitrogens with one attached hydrogen (secondary N) is 2. The molecular formula is C10H8ClF3N2O2. The van der Waals surface area contributed by atoms with E-state index in [1.807, 2.05) is 0 Å². The first-order valence-corrected chi connectivity index (χ1v) is 5.01. The molecule has 0 saturated carbocycles. The number of halogens is 4. The Bertz CT molecular complexity index is 537. The van der Waals surface area contributed by atoms with E-state index in [1.54, 1.807) is 4.98 Å². The monoisotopic (exact) mass is 280 g/mol. The van der Waals surface area contributed by atoms with Crippen LogP contribution in [-0.4, -0.2) is 17.4 Å². The molecule has 0 aliphatic rings. The topological polar surface area (TPSA) is 62.0 Å². The van der Waals surface area contributed by atoms with Crippen molar-refractivity contribution in [2.45, 2.75) is 6.18 Å². The van der Waals surface area contributed by atoms with Gasteiger partial charge in [-0.2, -0.15) is 13.2 Å². The molecule has 1 amide bonds. The molecule has 0 atom stereocenters. The van der Waals surface area contributed by atoms with Crippen molar-refractivity contribution in [1.82, 2.24) is 10.3 Å². The van der Waals surface area contributed by atoms with E-state index in [2.05, 4.69) is 11.9 Å². The van der Waals surface area contributed by atoms with Crippen LogP contribution in [0, 0.1) is 0 Å². The van der Waals surface area contributed by atoms with E-state index < -0.39 is 28.9 Å². The first-order valence-electron chi connectivity index (χ1n) is 4.64. The lowest BCUT2D eigenvalue weighted by Crippen LogP contribution is -2.31. The van der Waals surface area contributed by atoms with Gasteiger partial charge in [-0.25, -0.2) is 0 Å². The van der Waals surface area contributed by atoms with E-state index in [-0.39, 0.29) is 11.6 Å². The summed E-state index contributed by atoms with van der Waals surface area (Å²) in [6, 6.07) is 1.42. The van der Waals surface area contributed by atoms with Crippen molar-refractivity contribution in [3.8, 4) is 0 Å². The molecule has 0 unspecified atom stereocenters. The Morgan fingerprint density at radius 3 is 2.50 bits per heavy atom. The Hall–Kier alpha value is -1.76. The molecule has 4 nitrogen and oxygen atoms in total. The lowest BCUT2D eigenvalue weighted by molar-refractivity contribution is -0.141. The molecule has 0 fully saturated rings. The number of carbonyl (C=O) groups excluding carboxylic acids is 1. The zero-order valence-corrected chi connectivity index (χ0v) is 9.65.